The zero-order chi connectivity index (χ0) is 13.2. The van der Waals surface area contributed by atoms with Crippen molar-refractivity contribution >= 4 is 11.6 Å². The Morgan fingerprint density at radius 2 is 2.06 bits per heavy atom. The molecular weight excluding hydrogens is 233 g/mol. The monoisotopic (exact) mass is 251 g/mol. The molecule has 0 radical (unpaired) electrons. The van der Waals surface area contributed by atoms with Gasteiger partial charge in [-0.3, -0.25) is 10.1 Å². The second-order valence-corrected chi connectivity index (χ2v) is 4.58. The number of carbonyl (C=O) groups is 1. The summed E-state index contributed by atoms with van der Waals surface area (Å²) >= 11 is 0. The molecule has 0 bridgehead atoms. The smallest absolute Gasteiger partial charge is 0.253 e. The van der Waals surface area contributed by atoms with Crippen LogP contribution in [-0.4, -0.2) is 25.7 Å². The fourth-order valence-electron chi connectivity index (χ4n) is 2.16. The summed E-state index contributed by atoms with van der Waals surface area (Å²) in [5, 5.41) is 8.91. The molecule has 1 aromatic carbocycles. The highest BCUT2D eigenvalue weighted by Crippen LogP contribution is 2.32. The molecule has 0 aromatic heterocycles. The highest BCUT2D eigenvalue weighted by atomic mass is 19.1. The standard InChI is InChI=1S/C13H18FN3O/c1-15-12(18)10-5-4-9(8-11(10)14)17-13(16-2)6-3-7-13/h4-5,8,16-17H,3,6-7H2,1-2H3,(H,15,18). The summed E-state index contributed by atoms with van der Waals surface area (Å²) < 4.78 is 13.8. The molecule has 1 amide bonds. The zero-order valence-corrected chi connectivity index (χ0v) is 10.6. The van der Waals surface area contributed by atoms with Gasteiger partial charge in [0.05, 0.1) is 11.2 Å². The maximum atomic E-state index is 13.8. The van der Waals surface area contributed by atoms with Crippen LogP contribution in [0.25, 0.3) is 0 Å². The Morgan fingerprint density at radius 3 is 2.50 bits per heavy atom. The molecule has 0 saturated heterocycles. The number of halogens is 1. The molecule has 0 spiro atoms. The van der Waals surface area contributed by atoms with Crippen LogP contribution in [0.2, 0.25) is 0 Å². The largest absolute Gasteiger partial charge is 0.367 e. The number of nitrogens with one attached hydrogen (secondary N) is 3. The van der Waals surface area contributed by atoms with Gasteiger partial charge in [0.2, 0.25) is 0 Å². The van der Waals surface area contributed by atoms with Crippen molar-refractivity contribution in [2.24, 2.45) is 0 Å². The first-order chi connectivity index (χ1) is 8.60. The van der Waals surface area contributed by atoms with Gasteiger partial charge in [0.15, 0.2) is 0 Å². The van der Waals surface area contributed by atoms with Crippen LogP contribution in [0.4, 0.5) is 10.1 Å². The van der Waals surface area contributed by atoms with E-state index < -0.39 is 11.7 Å². The van der Waals surface area contributed by atoms with Crippen LogP contribution in [0.3, 0.4) is 0 Å². The number of amides is 1. The minimum atomic E-state index is -0.509. The lowest BCUT2D eigenvalue weighted by atomic mass is 9.84. The summed E-state index contributed by atoms with van der Waals surface area (Å²) in [5.74, 6) is -0.920. The number of hydrogen-bond acceptors (Lipinski definition) is 3. The van der Waals surface area contributed by atoms with Crippen LogP contribution < -0.4 is 16.0 Å². The Balaban J connectivity index is 2.16. The third-order valence-corrected chi connectivity index (χ3v) is 3.51. The van der Waals surface area contributed by atoms with Gasteiger partial charge in [0.1, 0.15) is 5.82 Å². The third kappa shape index (κ3) is 2.31. The van der Waals surface area contributed by atoms with Gasteiger partial charge < -0.3 is 10.6 Å². The van der Waals surface area contributed by atoms with Gasteiger partial charge in [-0.1, -0.05) is 0 Å². The molecule has 4 nitrogen and oxygen atoms in total. The maximum Gasteiger partial charge on any atom is 0.253 e. The van der Waals surface area contributed by atoms with E-state index >= 15 is 0 Å². The predicted molar refractivity (Wildman–Crippen MR) is 69.1 cm³/mol. The molecule has 1 aliphatic rings. The summed E-state index contributed by atoms with van der Waals surface area (Å²) in [4.78, 5) is 11.4. The normalized spacial score (nSPS) is 16.8. The number of rotatable bonds is 4. The van der Waals surface area contributed by atoms with Gasteiger partial charge in [-0.2, -0.15) is 0 Å². The fourth-order valence-corrected chi connectivity index (χ4v) is 2.16. The SMILES string of the molecule is CNC(=O)c1ccc(NC2(NC)CCC2)cc1F. The second-order valence-electron chi connectivity index (χ2n) is 4.58. The first-order valence-corrected chi connectivity index (χ1v) is 6.09. The highest BCUT2D eigenvalue weighted by Gasteiger charge is 2.35. The van der Waals surface area contributed by atoms with E-state index in [1.807, 2.05) is 7.05 Å². The lowest BCUT2D eigenvalue weighted by Crippen LogP contribution is -2.55. The number of hydrogen-bond donors (Lipinski definition) is 3. The molecule has 0 aliphatic heterocycles. The van der Waals surface area contributed by atoms with Crippen molar-refractivity contribution in [3.05, 3.63) is 29.6 Å². The molecule has 2 rings (SSSR count). The van der Waals surface area contributed by atoms with E-state index in [-0.39, 0.29) is 11.2 Å². The molecule has 5 heteroatoms. The van der Waals surface area contributed by atoms with Crippen LogP contribution in [0, 0.1) is 5.82 Å². The van der Waals surface area contributed by atoms with Crippen molar-refractivity contribution in [2.45, 2.75) is 24.9 Å². The number of anilines is 1. The predicted octanol–water partition coefficient (Wildman–Crippen LogP) is 1.70. The van der Waals surface area contributed by atoms with Crippen molar-refractivity contribution in [1.82, 2.24) is 10.6 Å². The highest BCUT2D eigenvalue weighted by molar-refractivity contribution is 5.94. The first kappa shape index (κ1) is 12.8. The number of carbonyl (C=O) groups excluding carboxylic acids is 1. The lowest BCUT2D eigenvalue weighted by Gasteiger charge is -2.43. The quantitative estimate of drug-likeness (QED) is 0.714. The summed E-state index contributed by atoms with van der Waals surface area (Å²) in [6, 6.07) is 4.59. The molecule has 1 fully saturated rings. The Morgan fingerprint density at radius 1 is 1.33 bits per heavy atom. The Kier molecular flexibility index (Phi) is 3.52. The fraction of sp³-hybridized carbons (Fsp3) is 0.462. The van der Waals surface area contributed by atoms with E-state index in [0.29, 0.717) is 5.69 Å². The van der Waals surface area contributed by atoms with E-state index in [0.717, 1.165) is 19.3 Å². The second kappa shape index (κ2) is 4.94. The number of benzene rings is 1. The van der Waals surface area contributed by atoms with Gasteiger partial charge in [-0.05, 0) is 44.5 Å². The molecular formula is C13H18FN3O. The molecule has 0 unspecified atom stereocenters. The van der Waals surface area contributed by atoms with Crippen LogP contribution in [0.1, 0.15) is 29.6 Å². The van der Waals surface area contributed by atoms with Gasteiger partial charge in [0.25, 0.3) is 5.91 Å². The van der Waals surface area contributed by atoms with Crippen LogP contribution in [0.5, 0.6) is 0 Å². The minimum Gasteiger partial charge on any atom is -0.367 e. The van der Waals surface area contributed by atoms with Gasteiger partial charge >= 0.3 is 0 Å². The van der Waals surface area contributed by atoms with Gasteiger partial charge in [-0.25, -0.2) is 4.39 Å². The van der Waals surface area contributed by atoms with Crippen LogP contribution >= 0.6 is 0 Å². The van der Waals surface area contributed by atoms with Gasteiger partial charge in [-0.15, -0.1) is 0 Å². The van der Waals surface area contributed by atoms with Crippen molar-refractivity contribution in [3.63, 3.8) is 0 Å². The van der Waals surface area contributed by atoms with Crippen LogP contribution in [0.15, 0.2) is 18.2 Å². The van der Waals surface area contributed by atoms with Gasteiger partial charge in [0, 0.05) is 12.7 Å². The Labute approximate surface area is 106 Å². The van der Waals surface area contributed by atoms with Crippen molar-refractivity contribution in [1.29, 1.82) is 0 Å². The average Bonchev–Trinajstić information content (AvgIpc) is 2.33. The van der Waals surface area contributed by atoms with Crippen molar-refractivity contribution in [2.75, 3.05) is 19.4 Å². The minimum absolute atomic E-state index is 0.0650. The third-order valence-electron chi connectivity index (χ3n) is 3.51. The molecule has 1 aliphatic carbocycles. The van der Waals surface area contributed by atoms with E-state index in [1.165, 1.54) is 19.2 Å². The summed E-state index contributed by atoms with van der Waals surface area (Å²) in [6.45, 7) is 0. The Hall–Kier alpha value is -1.62. The lowest BCUT2D eigenvalue weighted by molar-refractivity contribution is 0.0959. The molecule has 0 heterocycles. The van der Waals surface area contributed by atoms with Crippen LogP contribution in [-0.2, 0) is 0 Å². The topological polar surface area (TPSA) is 53.2 Å². The average molecular weight is 251 g/mol. The molecule has 1 aromatic rings. The van der Waals surface area contributed by atoms with Crippen molar-refractivity contribution < 1.29 is 9.18 Å². The van der Waals surface area contributed by atoms with E-state index in [4.69, 9.17) is 0 Å². The van der Waals surface area contributed by atoms with E-state index in [9.17, 15) is 9.18 Å². The summed E-state index contributed by atoms with van der Waals surface area (Å²) in [5.41, 5.74) is 0.630. The van der Waals surface area contributed by atoms with E-state index in [2.05, 4.69) is 16.0 Å². The molecule has 18 heavy (non-hydrogen) atoms. The molecule has 3 N–H and O–H groups in total. The molecule has 98 valence electrons. The molecule has 0 atom stereocenters. The summed E-state index contributed by atoms with van der Waals surface area (Å²) in [7, 11) is 3.37. The summed E-state index contributed by atoms with van der Waals surface area (Å²) in [6.07, 6.45) is 3.19. The van der Waals surface area contributed by atoms with Crippen molar-refractivity contribution in [3.8, 4) is 0 Å². The van der Waals surface area contributed by atoms with E-state index in [1.54, 1.807) is 6.07 Å². The molecule has 1 saturated carbocycles. The Bertz CT molecular complexity index is 452. The maximum absolute atomic E-state index is 13.8. The zero-order valence-electron chi connectivity index (χ0n) is 10.6. The first-order valence-electron chi connectivity index (χ1n) is 6.09.